The number of ether oxygens (including phenoxy) is 3. The number of rotatable bonds is 5. The summed E-state index contributed by atoms with van der Waals surface area (Å²) in [5, 5.41) is 12.5. The highest BCUT2D eigenvalue weighted by Crippen LogP contribution is 2.44. The van der Waals surface area contributed by atoms with Crippen molar-refractivity contribution in [3.8, 4) is 11.5 Å². The lowest BCUT2D eigenvalue weighted by atomic mass is 9.94. The van der Waals surface area contributed by atoms with Gasteiger partial charge in [-0.2, -0.15) is 0 Å². The highest BCUT2D eigenvalue weighted by molar-refractivity contribution is 7.19. The molecule has 0 radical (unpaired) electrons. The maximum atomic E-state index is 11.3. The fraction of sp³-hybridized carbons (Fsp3) is 0.538. The minimum atomic E-state index is -0.703. The van der Waals surface area contributed by atoms with Gasteiger partial charge in [-0.05, 0) is 43.4 Å². The molecule has 2 aromatic heterocycles. The zero-order chi connectivity index (χ0) is 23.9. The van der Waals surface area contributed by atoms with Crippen LogP contribution < -0.4 is 14.4 Å². The first-order valence-electron chi connectivity index (χ1n) is 12.4. The fourth-order valence-corrected chi connectivity index (χ4v) is 6.95. The van der Waals surface area contributed by atoms with Crippen LogP contribution in [0.4, 0.5) is 5.82 Å². The van der Waals surface area contributed by atoms with Crippen LogP contribution in [0.3, 0.4) is 0 Å². The summed E-state index contributed by atoms with van der Waals surface area (Å²) < 4.78 is 16.8. The standard InChI is InChI=1S/C26H32N4O4S/c1-32-19-7-8-20(33-2)23-17(19)13-30(14-18(23)31)25-24-16-5-3-4-6-21(16)35-26(24)28-22(27-25)15-29-9-11-34-12-10-29/h7-8,18,31H,3-6,9-15H2,1-2H3. The van der Waals surface area contributed by atoms with Crippen molar-refractivity contribution >= 4 is 27.4 Å². The quantitative estimate of drug-likeness (QED) is 0.575. The molecule has 186 valence electrons. The molecule has 35 heavy (non-hydrogen) atoms. The lowest BCUT2D eigenvalue weighted by Gasteiger charge is -2.35. The van der Waals surface area contributed by atoms with Gasteiger partial charge in [-0.25, -0.2) is 9.97 Å². The molecule has 2 aliphatic heterocycles. The van der Waals surface area contributed by atoms with Crippen LogP contribution in [0.1, 0.15) is 46.3 Å². The van der Waals surface area contributed by atoms with Crippen LogP contribution in [-0.4, -0.2) is 67.0 Å². The first-order valence-corrected chi connectivity index (χ1v) is 13.3. The number of nitrogens with zero attached hydrogens (tertiary/aromatic N) is 4. The minimum Gasteiger partial charge on any atom is -0.496 e. The van der Waals surface area contributed by atoms with Gasteiger partial charge in [0.1, 0.15) is 34.1 Å². The summed E-state index contributed by atoms with van der Waals surface area (Å²) in [4.78, 5) is 17.3. The van der Waals surface area contributed by atoms with E-state index in [0.29, 0.717) is 25.4 Å². The lowest BCUT2D eigenvalue weighted by Crippen LogP contribution is -2.37. The van der Waals surface area contributed by atoms with Crippen LogP contribution in [0.15, 0.2) is 12.1 Å². The molecular formula is C26H32N4O4S. The number of hydrogen-bond donors (Lipinski definition) is 1. The number of aliphatic hydroxyl groups is 1. The third-order valence-corrected chi connectivity index (χ3v) is 8.59. The Hall–Kier alpha value is -2.46. The van der Waals surface area contributed by atoms with Crippen molar-refractivity contribution in [2.24, 2.45) is 0 Å². The second-order valence-corrected chi connectivity index (χ2v) is 10.6. The van der Waals surface area contributed by atoms with E-state index in [2.05, 4.69) is 9.80 Å². The van der Waals surface area contributed by atoms with Crippen molar-refractivity contribution in [3.05, 3.63) is 39.5 Å². The summed E-state index contributed by atoms with van der Waals surface area (Å²) in [5.74, 6) is 3.23. The van der Waals surface area contributed by atoms with E-state index in [4.69, 9.17) is 24.2 Å². The lowest BCUT2D eigenvalue weighted by molar-refractivity contribution is 0.0331. The molecule has 1 saturated heterocycles. The second-order valence-electron chi connectivity index (χ2n) is 9.50. The van der Waals surface area contributed by atoms with Gasteiger partial charge in [-0.1, -0.05) is 0 Å². The third-order valence-electron chi connectivity index (χ3n) is 7.40. The predicted octanol–water partition coefficient (Wildman–Crippen LogP) is 3.47. The maximum absolute atomic E-state index is 11.3. The molecule has 3 aromatic rings. The van der Waals surface area contributed by atoms with Crippen molar-refractivity contribution in [2.45, 2.75) is 44.9 Å². The molecule has 6 rings (SSSR count). The van der Waals surface area contributed by atoms with Crippen molar-refractivity contribution in [2.75, 3.05) is 52.0 Å². The van der Waals surface area contributed by atoms with E-state index >= 15 is 0 Å². The second kappa shape index (κ2) is 9.54. The van der Waals surface area contributed by atoms with Crippen molar-refractivity contribution in [3.63, 3.8) is 0 Å². The van der Waals surface area contributed by atoms with E-state index in [1.54, 1.807) is 14.2 Å². The summed E-state index contributed by atoms with van der Waals surface area (Å²) in [6, 6.07) is 3.79. The molecule has 1 aromatic carbocycles. The Morgan fingerprint density at radius 3 is 2.63 bits per heavy atom. The number of thiophene rings is 1. The summed E-state index contributed by atoms with van der Waals surface area (Å²) in [6.07, 6.45) is 3.91. The van der Waals surface area contributed by atoms with E-state index in [1.165, 1.54) is 28.7 Å². The maximum Gasteiger partial charge on any atom is 0.146 e. The number of aliphatic hydroxyl groups excluding tert-OH is 1. The van der Waals surface area contributed by atoms with Gasteiger partial charge in [0.25, 0.3) is 0 Å². The molecular weight excluding hydrogens is 464 g/mol. The SMILES string of the molecule is COc1ccc(OC)c2c1CN(c1nc(CN3CCOCC3)nc3sc4c(c13)CCCC4)CC2O. The molecule has 1 fully saturated rings. The summed E-state index contributed by atoms with van der Waals surface area (Å²) in [7, 11) is 3.32. The van der Waals surface area contributed by atoms with Crippen LogP contribution in [-0.2, 0) is 30.7 Å². The van der Waals surface area contributed by atoms with Gasteiger partial charge in [0.05, 0.1) is 45.9 Å². The number of aryl methyl sites for hydroxylation is 2. The molecule has 1 atom stereocenters. The van der Waals surface area contributed by atoms with E-state index in [9.17, 15) is 5.11 Å². The third kappa shape index (κ3) is 4.14. The number of methoxy groups -OCH3 is 2. The summed E-state index contributed by atoms with van der Waals surface area (Å²) >= 11 is 1.83. The molecule has 9 heteroatoms. The minimum absolute atomic E-state index is 0.449. The Morgan fingerprint density at radius 1 is 1.06 bits per heavy atom. The highest BCUT2D eigenvalue weighted by atomic mass is 32.1. The van der Waals surface area contributed by atoms with Gasteiger partial charge < -0.3 is 24.2 Å². The number of benzene rings is 1. The monoisotopic (exact) mass is 496 g/mol. The zero-order valence-corrected chi connectivity index (χ0v) is 21.2. The molecule has 1 N–H and O–H groups in total. The molecule has 3 aliphatic rings. The fourth-order valence-electron chi connectivity index (χ4n) is 5.68. The Balaban J connectivity index is 1.46. The number of morpholine rings is 1. The normalized spacial score (nSPS) is 20.5. The van der Waals surface area contributed by atoms with Gasteiger partial charge in [0.2, 0.25) is 0 Å². The molecule has 0 saturated carbocycles. The van der Waals surface area contributed by atoms with Gasteiger partial charge in [-0.15, -0.1) is 11.3 Å². The topological polar surface area (TPSA) is 80.2 Å². The molecule has 1 unspecified atom stereocenters. The van der Waals surface area contributed by atoms with E-state index in [0.717, 1.165) is 72.5 Å². The highest BCUT2D eigenvalue weighted by Gasteiger charge is 2.33. The van der Waals surface area contributed by atoms with E-state index in [1.807, 2.05) is 23.5 Å². The molecule has 0 bridgehead atoms. The van der Waals surface area contributed by atoms with E-state index in [-0.39, 0.29) is 0 Å². The molecule has 0 amide bonds. The average molecular weight is 497 g/mol. The summed E-state index contributed by atoms with van der Waals surface area (Å²) in [5.41, 5.74) is 3.17. The average Bonchev–Trinajstić information content (AvgIpc) is 3.26. The smallest absolute Gasteiger partial charge is 0.146 e. The summed E-state index contributed by atoms with van der Waals surface area (Å²) in [6.45, 7) is 5.04. The molecule has 4 heterocycles. The van der Waals surface area contributed by atoms with Crippen LogP contribution in [0.5, 0.6) is 11.5 Å². The number of anilines is 1. The Labute approximate surface area is 209 Å². The number of β-amino-alcohol motifs (C(OH)–C–C–N with tert-alkyl or cyclic N) is 1. The number of aromatic nitrogens is 2. The number of fused-ring (bicyclic) bond motifs is 4. The van der Waals surface area contributed by atoms with Gasteiger partial charge in [0.15, 0.2) is 0 Å². The number of hydrogen-bond acceptors (Lipinski definition) is 9. The van der Waals surface area contributed by atoms with Crippen LogP contribution in [0.2, 0.25) is 0 Å². The van der Waals surface area contributed by atoms with Crippen molar-refractivity contribution in [1.29, 1.82) is 0 Å². The first kappa shape index (κ1) is 23.0. The van der Waals surface area contributed by atoms with Gasteiger partial charge >= 0.3 is 0 Å². The molecule has 0 spiro atoms. The van der Waals surface area contributed by atoms with Gasteiger partial charge in [-0.3, -0.25) is 4.90 Å². The molecule has 8 nitrogen and oxygen atoms in total. The Bertz CT molecular complexity index is 1240. The largest absolute Gasteiger partial charge is 0.496 e. The zero-order valence-electron chi connectivity index (χ0n) is 20.4. The Morgan fingerprint density at radius 2 is 1.83 bits per heavy atom. The van der Waals surface area contributed by atoms with Crippen LogP contribution in [0, 0.1) is 0 Å². The Kier molecular flexibility index (Phi) is 6.26. The van der Waals surface area contributed by atoms with Crippen LogP contribution >= 0.6 is 11.3 Å². The van der Waals surface area contributed by atoms with Gasteiger partial charge in [0, 0.05) is 35.6 Å². The van der Waals surface area contributed by atoms with E-state index < -0.39 is 6.10 Å². The van der Waals surface area contributed by atoms with Crippen LogP contribution in [0.25, 0.3) is 10.2 Å². The van der Waals surface area contributed by atoms with Crippen molar-refractivity contribution < 1.29 is 19.3 Å². The predicted molar refractivity (Wildman–Crippen MR) is 136 cm³/mol. The first-order chi connectivity index (χ1) is 17.2. The van der Waals surface area contributed by atoms with Crippen molar-refractivity contribution in [1.82, 2.24) is 14.9 Å². The molecule has 1 aliphatic carbocycles.